The van der Waals surface area contributed by atoms with Crippen molar-refractivity contribution >= 4 is 0 Å². The van der Waals surface area contributed by atoms with E-state index < -0.39 is 0 Å². The Morgan fingerprint density at radius 2 is 2.14 bits per heavy atom. The van der Waals surface area contributed by atoms with E-state index in [9.17, 15) is 0 Å². The second-order valence-corrected chi connectivity index (χ2v) is 2.83. The molecule has 0 amide bonds. The summed E-state index contributed by atoms with van der Waals surface area (Å²) in [7, 11) is 1.63. The van der Waals surface area contributed by atoms with Crippen molar-refractivity contribution in [2.75, 3.05) is 13.7 Å². The van der Waals surface area contributed by atoms with Crippen LogP contribution in [0.1, 0.15) is 5.56 Å². The third-order valence-corrected chi connectivity index (χ3v) is 1.87. The molecule has 0 heterocycles. The molecule has 2 heteroatoms. The van der Waals surface area contributed by atoms with E-state index in [2.05, 4.69) is 13.5 Å². The van der Waals surface area contributed by atoms with Crippen LogP contribution in [0.15, 0.2) is 30.9 Å². The SMILES string of the molecule is [CH2]Cc1ccc(OCC=C)c(OC)c1. The van der Waals surface area contributed by atoms with Crippen molar-refractivity contribution in [3.63, 3.8) is 0 Å². The summed E-state index contributed by atoms with van der Waals surface area (Å²) in [6.07, 6.45) is 2.45. The maximum absolute atomic E-state index is 5.41. The second-order valence-electron chi connectivity index (χ2n) is 2.83. The van der Waals surface area contributed by atoms with Crippen LogP contribution >= 0.6 is 0 Å². The molecule has 0 fully saturated rings. The highest BCUT2D eigenvalue weighted by atomic mass is 16.5. The van der Waals surface area contributed by atoms with E-state index in [1.54, 1.807) is 13.2 Å². The predicted octanol–water partition coefficient (Wildman–Crippen LogP) is 2.64. The van der Waals surface area contributed by atoms with Gasteiger partial charge in [0.05, 0.1) is 7.11 Å². The fraction of sp³-hybridized carbons (Fsp3) is 0.250. The van der Waals surface area contributed by atoms with Crippen LogP contribution in [0.5, 0.6) is 11.5 Å². The molecule has 0 aliphatic rings. The lowest BCUT2D eigenvalue weighted by atomic mass is 10.1. The lowest BCUT2D eigenvalue weighted by Gasteiger charge is -2.10. The fourth-order valence-corrected chi connectivity index (χ4v) is 1.14. The van der Waals surface area contributed by atoms with Crippen LogP contribution in [0.2, 0.25) is 0 Å². The van der Waals surface area contributed by atoms with Gasteiger partial charge >= 0.3 is 0 Å². The lowest BCUT2D eigenvalue weighted by molar-refractivity contribution is 0.326. The molecule has 0 N–H and O–H groups in total. The summed E-state index contributed by atoms with van der Waals surface area (Å²) in [5, 5.41) is 0. The van der Waals surface area contributed by atoms with E-state index >= 15 is 0 Å². The van der Waals surface area contributed by atoms with Crippen LogP contribution in [-0.4, -0.2) is 13.7 Å². The Bertz CT molecular complexity index is 305. The molecule has 0 aliphatic heterocycles. The van der Waals surface area contributed by atoms with E-state index in [1.807, 2.05) is 18.2 Å². The van der Waals surface area contributed by atoms with Crippen molar-refractivity contribution < 1.29 is 9.47 Å². The van der Waals surface area contributed by atoms with Gasteiger partial charge in [0.1, 0.15) is 6.61 Å². The second kappa shape index (κ2) is 5.32. The van der Waals surface area contributed by atoms with Gasteiger partial charge in [-0.25, -0.2) is 0 Å². The monoisotopic (exact) mass is 191 g/mol. The molecule has 0 saturated heterocycles. The molecular formula is C12H15O2. The highest BCUT2D eigenvalue weighted by Gasteiger charge is 2.03. The van der Waals surface area contributed by atoms with E-state index in [4.69, 9.17) is 9.47 Å². The molecule has 1 aromatic carbocycles. The summed E-state index contributed by atoms with van der Waals surface area (Å²) < 4.78 is 10.6. The van der Waals surface area contributed by atoms with Crippen LogP contribution in [0.4, 0.5) is 0 Å². The highest BCUT2D eigenvalue weighted by Crippen LogP contribution is 2.28. The van der Waals surface area contributed by atoms with Crippen molar-refractivity contribution in [1.82, 2.24) is 0 Å². The van der Waals surface area contributed by atoms with Crippen molar-refractivity contribution in [3.05, 3.63) is 43.3 Å². The van der Waals surface area contributed by atoms with Gasteiger partial charge in [-0.3, -0.25) is 0 Å². The normalized spacial score (nSPS) is 9.57. The van der Waals surface area contributed by atoms with Crippen molar-refractivity contribution in [1.29, 1.82) is 0 Å². The predicted molar refractivity (Wildman–Crippen MR) is 57.7 cm³/mol. The van der Waals surface area contributed by atoms with Crippen molar-refractivity contribution in [2.24, 2.45) is 0 Å². The molecule has 14 heavy (non-hydrogen) atoms. The summed E-state index contributed by atoms with van der Waals surface area (Å²) in [6.45, 7) is 7.89. The van der Waals surface area contributed by atoms with Gasteiger partial charge in [-0.05, 0) is 31.0 Å². The first-order valence-electron chi connectivity index (χ1n) is 4.51. The number of benzene rings is 1. The number of hydrogen-bond donors (Lipinski definition) is 0. The third-order valence-electron chi connectivity index (χ3n) is 1.87. The lowest BCUT2D eigenvalue weighted by Crippen LogP contribution is -1.96. The van der Waals surface area contributed by atoms with Gasteiger partial charge in [0.25, 0.3) is 0 Å². The molecule has 1 aromatic rings. The smallest absolute Gasteiger partial charge is 0.161 e. The van der Waals surface area contributed by atoms with Crippen LogP contribution in [0, 0.1) is 6.92 Å². The minimum atomic E-state index is 0.486. The Hall–Kier alpha value is -1.44. The molecule has 2 nitrogen and oxygen atoms in total. The van der Waals surface area contributed by atoms with E-state index in [0.717, 1.165) is 23.5 Å². The number of hydrogen-bond acceptors (Lipinski definition) is 2. The van der Waals surface area contributed by atoms with Crippen LogP contribution in [0.3, 0.4) is 0 Å². The van der Waals surface area contributed by atoms with E-state index in [0.29, 0.717) is 6.61 Å². The molecule has 0 unspecified atom stereocenters. The molecule has 0 atom stereocenters. The highest BCUT2D eigenvalue weighted by molar-refractivity contribution is 5.43. The summed E-state index contributed by atoms with van der Waals surface area (Å²) >= 11 is 0. The molecule has 0 bridgehead atoms. The molecule has 0 spiro atoms. The molecule has 75 valence electrons. The average molecular weight is 191 g/mol. The molecule has 1 rings (SSSR count). The van der Waals surface area contributed by atoms with Crippen LogP contribution in [-0.2, 0) is 6.42 Å². The largest absolute Gasteiger partial charge is 0.493 e. The van der Waals surface area contributed by atoms with Crippen molar-refractivity contribution in [3.8, 4) is 11.5 Å². The van der Waals surface area contributed by atoms with Gasteiger partial charge < -0.3 is 9.47 Å². The van der Waals surface area contributed by atoms with Gasteiger partial charge in [-0.2, -0.15) is 0 Å². The Morgan fingerprint density at radius 1 is 1.36 bits per heavy atom. The minimum Gasteiger partial charge on any atom is -0.493 e. The molecule has 0 aromatic heterocycles. The third kappa shape index (κ3) is 2.52. The van der Waals surface area contributed by atoms with Gasteiger partial charge in [-0.1, -0.05) is 18.7 Å². The first-order chi connectivity index (χ1) is 6.81. The van der Waals surface area contributed by atoms with Gasteiger partial charge in [0.15, 0.2) is 11.5 Å². The zero-order valence-electron chi connectivity index (χ0n) is 8.45. The summed E-state index contributed by atoms with van der Waals surface area (Å²) in [4.78, 5) is 0. The van der Waals surface area contributed by atoms with Gasteiger partial charge in [-0.15, -0.1) is 0 Å². The Morgan fingerprint density at radius 3 is 2.71 bits per heavy atom. The first-order valence-corrected chi connectivity index (χ1v) is 4.51. The zero-order chi connectivity index (χ0) is 10.4. The minimum absolute atomic E-state index is 0.486. The molecule has 1 radical (unpaired) electrons. The Balaban J connectivity index is 2.87. The maximum atomic E-state index is 5.41. The number of methoxy groups -OCH3 is 1. The first kappa shape index (κ1) is 10.6. The molecule has 0 saturated carbocycles. The topological polar surface area (TPSA) is 18.5 Å². The van der Waals surface area contributed by atoms with Gasteiger partial charge in [0.2, 0.25) is 0 Å². The Labute approximate surface area is 85.2 Å². The quantitative estimate of drug-likeness (QED) is 0.666. The standard InChI is InChI=1S/C12H15O2/c1-4-8-14-11-7-6-10(5-2)9-12(11)13-3/h4,6-7,9H,1-2,5,8H2,3H3. The number of ether oxygens (including phenoxy) is 2. The van der Waals surface area contributed by atoms with E-state index in [1.165, 1.54) is 0 Å². The number of rotatable bonds is 5. The maximum Gasteiger partial charge on any atom is 0.161 e. The summed E-state index contributed by atoms with van der Waals surface area (Å²) in [5.41, 5.74) is 1.13. The van der Waals surface area contributed by atoms with E-state index in [-0.39, 0.29) is 0 Å². The Kier molecular flexibility index (Phi) is 4.05. The molecular weight excluding hydrogens is 176 g/mol. The molecule has 0 aliphatic carbocycles. The summed E-state index contributed by atoms with van der Waals surface area (Å²) in [6, 6.07) is 5.81. The van der Waals surface area contributed by atoms with Gasteiger partial charge in [0, 0.05) is 0 Å². The fourth-order valence-electron chi connectivity index (χ4n) is 1.14. The summed E-state index contributed by atoms with van der Waals surface area (Å²) in [5.74, 6) is 1.48. The zero-order valence-corrected chi connectivity index (χ0v) is 8.45. The van der Waals surface area contributed by atoms with Crippen LogP contribution < -0.4 is 9.47 Å². The van der Waals surface area contributed by atoms with Crippen LogP contribution in [0.25, 0.3) is 0 Å². The van der Waals surface area contributed by atoms with Crippen molar-refractivity contribution in [2.45, 2.75) is 6.42 Å². The average Bonchev–Trinajstić information content (AvgIpc) is 2.26.